The van der Waals surface area contributed by atoms with Crippen molar-refractivity contribution in [2.75, 3.05) is 0 Å². The molecule has 0 aromatic heterocycles. The fourth-order valence-corrected chi connectivity index (χ4v) is 1.90. The van der Waals surface area contributed by atoms with Crippen LogP contribution >= 0.6 is 12.4 Å². The standard InChI is InChI=1S/C13H21N.ClH/c1-10(2)8-12-6-5-7-13(14-12)9-11(3)4;/h5-6,12-14H,1,3,7-9H2,2,4H3;1H. The van der Waals surface area contributed by atoms with E-state index in [-0.39, 0.29) is 12.4 Å². The summed E-state index contributed by atoms with van der Waals surface area (Å²) in [6.45, 7) is 12.1. The van der Waals surface area contributed by atoms with Gasteiger partial charge < -0.3 is 5.32 Å². The van der Waals surface area contributed by atoms with Crippen LogP contribution in [0.5, 0.6) is 0 Å². The summed E-state index contributed by atoms with van der Waals surface area (Å²) in [5, 5.41) is 3.61. The highest BCUT2D eigenvalue weighted by Crippen LogP contribution is 2.15. The molecule has 2 atom stereocenters. The molecule has 0 radical (unpaired) electrons. The molecule has 2 heteroatoms. The van der Waals surface area contributed by atoms with Crippen molar-refractivity contribution < 1.29 is 0 Å². The maximum atomic E-state index is 3.95. The molecular weight excluding hydrogens is 206 g/mol. The predicted octanol–water partition coefficient (Wildman–Crippen LogP) is 3.63. The van der Waals surface area contributed by atoms with Gasteiger partial charge in [0.15, 0.2) is 0 Å². The van der Waals surface area contributed by atoms with E-state index < -0.39 is 0 Å². The first-order valence-corrected chi connectivity index (χ1v) is 5.29. The van der Waals surface area contributed by atoms with Gasteiger partial charge in [-0.2, -0.15) is 0 Å². The van der Waals surface area contributed by atoms with Crippen LogP contribution < -0.4 is 5.32 Å². The van der Waals surface area contributed by atoms with Gasteiger partial charge in [-0.05, 0) is 33.1 Å². The maximum Gasteiger partial charge on any atom is 0.0289 e. The second-order valence-electron chi connectivity index (χ2n) is 4.46. The van der Waals surface area contributed by atoms with Crippen molar-refractivity contribution in [1.29, 1.82) is 0 Å². The third-order valence-corrected chi connectivity index (χ3v) is 2.40. The van der Waals surface area contributed by atoms with E-state index in [9.17, 15) is 0 Å². The van der Waals surface area contributed by atoms with E-state index in [0.29, 0.717) is 12.1 Å². The van der Waals surface area contributed by atoms with Crippen LogP contribution in [-0.4, -0.2) is 12.1 Å². The second kappa shape index (κ2) is 6.86. The molecule has 1 heterocycles. The van der Waals surface area contributed by atoms with E-state index in [1.54, 1.807) is 0 Å². The SMILES string of the molecule is C=C(C)CC1C=CCC(CC(=C)C)N1.Cl. The zero-order chi connectivity index (χ0) is 10.6. The summed E-state index contributed by atoms with van der Waals surface area (Å²) in [7, 11) is 0. The normalized spacial score (nSPS) is 24.4. The van der Waals surface area contributed by atoms with Crippen molar-refractivity contribution in [1.82, 2.24) is 5.32 Å². The van der Waals surface area contributed by atoms with Crippen molar-refractivity contribution in [3.05, 3.63) is 36.5 Å². The minimum Gasteiger partial charge on any atom is -0.307 e. The van der Waals surface area contributed by atoms with Crippen LogP contribution in [0, 0.1) is 0 Å². The molecule has 1 aliphatic heterocycles. The molecule has 0 amide bonds. The molecule has 15 heavy (non-hydrogen) atoms. The fraction of sp³-hybridized carbons (Fsp3) is 0.538. The van der Waals surface area contributed by atoms with Crippen LogP contribution in [0.15, 0.2) is 36.5 Å². The summed E-state index contributed by atoms with van der Waals surface area (Å²) >= 11 is 0. The number of nitrogens with one attached hydrogen (secondary N) is 1. The topological polar surface area (TPSA) is 12.0 Å². The van der Waals surface area contributed by atoms with Gasteiger partial charge in [-0.1, -0.05) is 23.3 Å². The van der Waals surface area contributed by atoms with Crippen molar-refractivity contribution in [2.24, 2.45) is 0 Å². The van der Waals surface area contributed by atoms with Gasteiger partial charge in [0.1, 0.15) is 0 Å². The van der Waals surface area contributed by atoms with Crippen molar-refractivity contribution in [2.45, 2.75) is 45.2 Å². The minimum atomic E-state index is 0. The first-order chi connectivity index (χ1) is 6.58. The monoisotopic (exact) mass is 227 g/mol. The fourth-order valence-electron chi connectivity index (χ4n) is 1.90. The Labute approximate surface area is 99.7 Å². The summed E-state index contributed by atoms with van der Waals surface area (Å²) in [5.41, 5.74) is 2.50. The Morgan fingerprint density at radius 1 is 1.27 bits per heavy atom. The Morgan fingerprint density at radius 2 is 1.87 bits per heavy atom. The molecule has 0 bridgehead atoms. The number of hydrogen-bond donors (Lipinski definition) is 1. The Balaban J connectivity index is 0.00000196. The smallest absolute Gasteiger partial charge is 0.0289 e. The van der Waals surface area contributed by atoms with Crippen LogP contribution in [0.2, 0.25) is 0 Å². The van der Waals surface area contributed by atoms with E-state index in [4.69, 9.17) is 0 Å². The van der Waals surface area contributed by atoms with E-state index in [0.717, 1.165) is 19.3 Å². The number of hydrogen-bond acceptors (Lipinski definition) is 1. The first kappa shape index (κ1) is 14.5. The summed E-state index contributed by atoms with van der Waals surface area (Å²) in [6, 6.07) is 1.05. The van der Waals surface area contributed by atoms with Crippen molar-refractivity contribution in [3.8, 4) is 0 Å². The van der Waals surface area contributed by atoms with E-state index in [2.05, 4.69) is 44.5 Å². The van der Waals surface area contributed by atoms with Crippen LogP contribution in [0.25, 0.3) is 0 Å². The van der Waals surface area contributed by atoms with E-state index >= 15 is 0 Å². The molecule has 0 aliphatic carbocycles. The average Bonchev–Trinajstić information content (AvgIpc) is 2.01. The van der Waals surface area contributed by atoms with Crippen LogP contribution in [0.1, 0.15) is 33.1 Å². The largest absolute Gasteiger partial charge is 0.307 e. The summed E-state index contributed by atoms with van der Waals surface area (Å²) < 4.78 is 0. The Hall–Kier alpha value is -0.530. The lowest BCUT2D eigenvalue weighted by molar-refractivity contribution is 0.445. The van der Waals surface area contributed by atoms with Gasteiger partial charge in [0.05, 0.1) is 0 Å². The maximum absolute atomic E-state index is 3.95. The Kier molecular flexibility index (Phi) is 6.62. The number of rotatable bonds is 4. The van der Waals surface area contributed by atoms with Gasteiger partial charge in [-0.15, -0.1) is 25.6 Å². The highest BCUT2D eigenvalue weighted by Gasteiger charge is 2.16. The molecule has 1 N–H and O–H groups in total. The molecule has 0 saturated heterocycles. The van der Waals surface area contributed by atoms with Gasteiger partial charge in [0.25, 0.3) is 0 Å². The van der Waals surface area contributed by atoms with Crippen LogP contribution in [0.3, 0.4) is 0 Å². The average molecular weight is 228 g/mol. The van der Waals surface area contributed by atoms with Gasteiger partial charge in [-0.25, -0.2) is 0 Å². The van der Waals surface area contributed by atoms with E-state index in [1.165, 1.54) is 11.1 Å². The molecule has 86 valence electrons. The lowest BCUT2D eigenvalue weighted by Crippen LogP contribution is -2.39. The molecule has 0 saturated carbocycles. The molecule has 1 nitrogen and oxygen atoms in total. The highest BCUT2D eigenvalue weighted by atomic mass is 35.5. The molecular formula is C13H22ClN. The quantitative estimate of drug-likeness (QED) is 0.724. The molecule has 0 aromatic carbocycles. The molecule has 1 rings (SSSR count). The van der Waals surface area contributed by atoms with Gasteiger partial charge in [-0.3, -0.25) is 0 Å². The lowest BCUT2D eigenvalue weighted by atomic mass is 9.97. The minimum absolute atomic E-state index is 0. The zero-order valence-electron chi connectivity index (χ0n) is 9.75. The third-order valence-electron chi connectivity index (χ3n) is 2.40. The van der Waals surface area contributed by atoms with E-state index in [1.807, 2.05) is 0 Å². The van der Waals surface area contributed by atoms with Crippen LogP contribution in [0.4, 0.5) is 0 Å². The summed E-state index contributed by atoms with van der Waals surface area (Å²) in [5.74, 6) is 0. The van der Waals surface area contributed by atoms with Crippen molar-refractivity contribution >= 4 is 12.4 Å². The molecule has 2 unspecified atom stereocenters. The number of halogens is 1. The first-order valence-electron chi connectivity index (χ1n) is 5.29. The Morgan fingerprint density at radius 3 is 2.40 bits per heavy atom. The van der Waals surface area contributed by atoms with Crippen LogP contribution in [-0.2, 0) is 0 Å². The lowest BCUT2D eigenvalue weighted by Gasteiger charge is -2.27. The Bertz CT molecular complexity index is 255. The van der Waals surface area contributed by atoms with Gasteiger partial charge in [0.2, 0.25) is 0 Å². The summed E-state index contributed by atoms with van der Waals surface area (Å²) in [4.78, 5) is 0. The molecule has 1 aliphatic rings. The summed E-state index contributed by atoms with van der Waals surface area (Å²) in [6.07, 6.45) is 7.78. The predicted molar refractivity (Wildman–Crippen MR) is 70.6 cm³/mol. The van der Waals surface area contributed by atoms with Gasteiger partial charge >= 0.3 is 0 Å². The van der Waals surface area contributed by atoms with Gasteiger partial charge in [0, 0.05) is 12.1 Å². The molecule has 0 aromatic rings. The zero-order valence-corrected chi connectivity index (χ0v) is 10.6. The highest BCUT2D eigenvalue weighted by molar-refractivity contribution is 5.85. The molecule has 0 fully saturated rings. The second-order valence-corrected chi connectivity index (χ2v) is 4.46. The van der Waals surface area contributed by atoms with Crippen molar-refractivity contribution in [3.63, 3.8) is 0 Å². The molecule has 0 spiro atoms. The third kappa shape index (κ3) is 5.81.